The second kappa shape index (κ2) is 7.94. The van der Waals surface area contributed by atoms with E-state index < -0.39 is 11.7 Å². The standard InChI is InChI=1S/C21H17F3N6/c1-14-10-17(18-13-30(29-28-18)16-6-4-2-3-5-7-16)26-20(11-14)27-19-12-15(8-9-25-19)21(22,23)24/h2,4-13H,3H2,1H3,(H,25,26,27). The van der Waals surface area contributed by atoms with Gasteiger partial charge in [0.2, 0.25) is 0 Å². The van der Waals surface area contributed by atoms with Crippen LogP contribution in [-0.2, 0) is 6.18 Å². The highest BCUT2D eigenvalue weighted by atomic mass is 19.4. The number of halogens is 3. The van der Waals surface area contributed by atoms with E-state index in [4.69, 9.17) is 0 Å². The van der Waals surface area contributed by atoms with E-state index in [1.807, 2.05) is 43.4 Å². The Hall–Kier alpha value is -3.75. The molecular weight excluding hydrogens is 393 g/mol. The van der Waals surface area contributed by atoms with Gasteiger partial charge in [0.25, 0.3) is 0 Å². The lowest BCUT2D eigenvalue weighted by Gasteiger charge is -2.10. The van der Waals surface area contributed by atoms with Crippen LogP contribution in [0.5, 0.6) is 0 Å². The molecule has 0 saturated carbocycles. The molecule has 4 rings (SSSR count). The largest absolute Gasteiger partial charge is 0.416 e. The Kier molecular flexibility index (Phi) is 5.18. The van der Waals surface area contributed by atoms with E-state index in [9.17, 15) is 13.2 Å². The van der Waals surface area contributed by atoms with E-state index in [0.29, 0.717) is 17.2 Å². The lowest BCUT2D eigenvalue weighted by Crippen LogP contribution is -2.06. The van der Waals surface area contributed by atoms with Crippen LogP contribution in [0.1, 0.15) is 17.5 Å². The molecule has 3 aromatic rings. The Morgan fingerprint density at radius 1 is 1.07 bits per heavy atom. The van der Waals surface area contributed by atoms with Crippen molar-refractivity contribution in [3.05, 3.63) is 78.2 Å². The normalized spacial score (nSPS) is 13.8. The number of anilines is 2. The number of pyridine rings is 2. The number of nitrogens with one attached hydrogen (secondary N) is 1. The summed E-state index contributed by atoms with van der Waals surface area (Å²) in [5.74, 6) is 0.418. The maximum absolute atomic E-state index is 12.9. The van der Waals surface area contributed by atoms with Gasteiger partial charge in [-0.2, -0.15) is 13.2 Å². The van der Waals surface area contributed by atoms with Crippen LogP contribution in [0, 0.1) is 6.92 Å². The smallest absolute Gasteiger partial charge is 0.325 e. The first-order chi connectivity index (χ1) is 14.4. The third kappa shape index (κ3) is 4.45. The molecule has 152 valence electrons. The molecule has 3 aromatic heterocycles. The number of rotatable bonds is 4. The molecule has 0 fully saturated rings. The van der Waals surface area contributed by atoms with Gasteiger partial charge >= 0.3 is 6.18 Å². The zero-order valence-corrected chi connectivity index (χ0v) is 15.9. The van der Waals surface area contributed by atoms with Crippen molar-refractivity contribution < 1.29 is 13.2 Å². The number of hydrogen-bond donors (Lipinski definition) is 1. The fraction of sp³-hybridized carbons (Fsp3) is 0.143. The number of aromatic nitrogens is 5. The van der Waals surface area contributed by atoms with Crippen molar-refractivity contribution in [2.75, 3.05) is 5.32 Å². The Morgan fingerprint density at radius 3 is 2.77 bits per heavy atom. The minimum absolute atomic E-state index is 0.0538. The first kappa shape index (κ1) is 19.6. The van der Waals surface area contributed by atoms with Gasteiger partial charge in [0.1, 0.15) is 17.3 Å². The zero-order chi connectivity index (χ0) is 21.1. The minimum atomic E-state index is -4.45. The molecule has 0 spiro atoms. The maximum Gasteiger partial charge on any atom is 0.416 e. The highest BCUT2D eigenvalue weighted by molar-refractivity contribution is 5.64. The van der Waals surface area contributed by atoms with Crippen molar-refractivity contribution in [3.8, 4) is 11.4 Å². The van der Waals surface area contributed by atoms with Gasteiger partial charge in [-0.05, 0) is 55.3 Å². The lowest BCUT2D eigenvalue weighted by molar-refractivity contribution is -0.137. The molecule has 3 heterocycles. The molecule has 0 bridgehead atoms. The summed E-state index contributed by atoms with van der Waals surface area (Å²) in [4.78, 5) is 8.42. The summed E-state index contributed by atoms with van der Waals surface area (Å²) in [6.07, 6.45) is 9.14. The molecule has 1 aliphatic carbocycles. The first-order valence-electron chi connectivity index (χ1n) is 9.14. The second-order valence-electron chi connectivity index (χ2n) is 6.67. The van der Waals surface area contributed by atoms with Crippen LogP contribution in [0.4, 0.5) is 24.8 Å². The highest BCUT2D eigenvalue weighted by Crippen LogP contribution is 2.30. The zero-order valence-electron chi connectivity index (χ0n) is 15.9. The molecule has 0 amide bonds. The average Bonchev–Trinajstić information content (AvgIpc) is 3.03. The van der Waals surface area contributed by atoms with Crippen molar-refractivity contribution in [1.82, 2.24) is 25.0 Å². The fourth-order valence-electron chi connectivity index (χ4n) is 2.90. The predicted octanol–water partition coefficient (Wildman–Crippen LogP) is 5.16. The maximum atomic E-state index is 12.9. The van der Waals surface area contributed by atoms with Crippen molar-refractivity contribution in [1.29, 1.82) is 0 Å². The van der Waals surface area contributed by atoms with E-state index in [2.05, 4.69) is 25.6 Å². The Morgan fingerprint density at radius 2 is 1.93 bits per heavy atom. The van der Waals surface area contributed by atoms with Crippen LogP contribution in [0.15, 0.2) is 67.0 Å². The van der Waals surface area contributed by atoms with Crippen molar-refractivity contribution in [2.45, 2.75) is 19.5 Å². The Balaban J connectivity index is 1.62. The summed E-state index contributed by atoms with van der Waals surface area (Å²) in [6.45, 7) is 1.86. The van der Waals surface area contributed by atoms with Crippen LogP contribution in [0.2, 0.25) is 0 Å². The highest BCUT2D eigenvalue weighted by Gasteiger charge is 2.30. The van der Waals surface area contributed by atoms with Gasteiger partial charge in [-0.25, -0.2) is 14.6 Å². The summed E-state index contributed by atoms with van der Waals surface area (Å²) in [5.41, 5.74) is 2.03. The van der Waals surface area contributed by atoms with Crippen LogP contribution in [0.3, 0.4) is 0 Å². The average molecular weight is 410 g/mol. The topological polar surface area (TPSA) is 68.5 Å². The first-order valence-corrected chi connectivity index (χ1v) is 9.14. The van der Waals surface area contributed by atoms with Crippen LogP contribution < -0.4 is 5.32 Å². The van der Waals surface area contributed by atoms with Crippen LogP contribution >= 0.6 is 0 Å². The summed E-state index contributed by atoms with van der Waals surface area (Å²) in [5, 5.41) is 11.2. The monoisotopic (exact) mass is 410 g/mol. The van der Waals surface area contributed by atoms with E-state index in [1.165, 1.54) is 0 Å². The molecule has 9 heteroatoms. The summed E-state index contributed by atoms with van der Waals surface area (Å²) in [6, 6.07) is 5.41. The van der Waals surface area contributed by atoms with E-state index in [0.717, 1.165) is 36.0 Å². The SMILES string of the molecule is Cc1cc(Nc2cc(C(F)(F)F)ccn2)nc(-c2cn(C3=CC=CCC=C3)nn2)c1. The van der Waals surface area contributed by atoms with Crippen LogP contribution in [-0.4, -0.2) is 25.0 Å². The third-order valence-electron chi connectivity index (χ3n) is 4.30. The third-order valence-corrected chi connectivity index (χ3v) is 4.30. The summed E-state index contributed by atoms with van der Waals surface area (Å²) in [7, 11) is 0. The molecule has 0 radical (unpaired) electrons. The molecule has 6 nitrogen and oxygen atoms in total. The Labute approximate surface area is 170 Å². The minimum Gasteiger partial charge on any atom is -0.325 e. The number of aryl methyl sites for hydroxylation is 1. The molecule has 0 unspecified atom stereocenters. The van der Waals surface area contributed by atoms with E-state index in [-0.39, 0.29) is 5.82 Å². The predicted molar refractivity (Wildman–Crippen MR) is 108 cm³/mol. The van der Waals surface area contributed by atoms with Gasteiger partial charge in [0.15, 0.2) is 0 Å². The van der Waals surface area contributed by atoms with Crippen molar-refractivity contribution >= 4 is 17.3 Å². The van der Waals surface area contributed by atoms with Crippen molar-refractivity contribution in [3.63, 3.8) is 0 Å². The number of alkyl halides is 3. The molecule has 0 atom stereocenters. The van der Waals surface area contributed by atoms with Gasteiger partial charge in [-0.15, -0.1) is 5.10 Å². The Bertz CT molecular complexity index is 1160. The molecule has 1 N–H and O–H groups in total. The summed E-state index contributed by atoms with van der Waals surface area (Å²) >= 11 is 0. The molecule has 1 aliphatic rings. The quantitative estimate of drug-likeness (QED) is 0.643. The number of allylic oxidation sites excluding steroid dienone is 6. The molecular formula is C21H17F3N6. The van der Waals surface area contributed by atoms with Gasteiger partial charge in [-0.1, -0.05) is 23.4 Å². The molecule has 0 aromatic carbocycles. The van der Waals surface area contributed by atoms with Gasteiger partial charge in [0, 0.05) is 6.20 Å². The number of hydrogen-bond acceptors (Lipinski definition) is 5. The molecule has 30 heavy (non-hydrogen) atoms. The van der Waals surface area contributed by atoms with E-state index in [1.54, 1.807) is 16.9 Å². The molecule has 0 saturated heterocycles. The van der Waals surface area contributed by atoms with Gasteiger partial charge in [-0.3, -0.25) is 0 Å². The fourth-order valence-corrected chi connectivity index (χ4v) is 2.90. The summed E-state index contributed by atoms with van der Waals surface area (Å²) < 4.78 is 40.5. The van der Waals surface area contributed by atoms with Crippen LogP contribution in [0.25, 0.3) is 17.1 Å². The number of nitrogens with zero attached hydrogens (tertiary/aromatic N) is 5. The lowest BCUT2D eigenvalue weighted by atomic mass is 10.2. The molecule has 0 aliphatic heterocycles. The van der Waals surface area contributed by atoms with Crippen molar-refractivity contribution in [2.24, 2.45) is 0 Å². The second-order valence-corrected chi connectivity index (χ2v) is 6.67. The van der Waals surface area contributed by atoms with Gasteiger partial charge < -0.3 is 5.32 Å². The van der Waals surface area contributed by atoms with Gasteiger partial charge in [0.05, 0.1) is 23.2 Å². The van der Waals surface area contributed by atoms with E-state index >= 15 is 0 Å².